The van der Waals surface area contributed by atoms with Crippen LogP contribution in [0.1, 0.15) is 11.6 Å². The number of para-hydroxylation sites is 1. The van der Waals surface area contributed by atoms with Crippen LogP contribution in [0.2, 0.25) is 5.02 Å². The molecule has 128 valence electrons. The summed E-state index contributed by atoms with van der Waals surface area (Å²) in [4.78, 5) is 14.6. The quantitative estimate of drug-likeness (QED) is 0.845. The minimum atomic E-state index is -0.261. The van der Waals surface area contributed by atoms with E-state index in [4.69, 9.17) is 16.0 Å². The van der Waals surface area contributed by atoms with Gasteiger partial charge in [-0.25, -0.2) is 4.79 Å². The lowest BCUT2D eigenvalue weighted by Gasteiger charge is -2.33. The summed E-state index contributed by atoms with van der Waals surface area (Å²) in [5, 5.41) is 6.25. The van der Waals surface area contributed by atoms with Crippen molar-refractivity contribution in [3.8, 4) is 0 Å². The lowest BCUT2D eigenvalue weighted by atomic mass is 10.1. The minimum Gasteiger partial charge on any atom is -0.472 e. The number of benzene rings is 1. The smallest absolute Gasteiger partial charge is 0.319 e. The van der Waals surface area contributed by atoms with Gasteiger partial charge >= 0.3 is 6.03 Å². The molecule has 1 saturated heterocycles. The maximum absolute atomic E-state index is 12.2. The average Bonchev–Trinajstić information content (AvgIpc) is 3.12. The van der Waals surface area contributed by atoms with Crippen LogP contribution < -0.4 is 10.6 Å². The molecule has 0 unspecified atom stereocenters. The summed E-state index contributed by atoms with van der Waals surface area (Å²) in [6, 6.07) is 8.99. The predicted molar refractivity (Wildman–Crippen MR) is 98.8 cm³/mol. The van der Waals surface area contributed by atoms with Gasteiger partial charge in [0.05, 0.1) is 29.3 Å². The second kappa shape index (κ2) is 8.46. The van der Waals surface area contributed by atoms with Crippen LogP contribution in [0.15, 0.2) is 47.3 Å². The molecule has 3 rings (SSSR count). The fraction of sp³-hybridized carbons (Fsp3) is 0.353. The number of carbonyl (C=O) groups excluding carboxylic acids is 1. The van der Waals surface area contributed by atoms with E-state index in [1.165, 1.54) is 0 Å². The summed E-state index contributed by atoms with van der Waals surface area (Å²) in [5.41, 5.74) is 1.69. The Morgan fingerprint density at radius 3 is 2.79 bits per heavy atom. The van der Waals surface area contributed by atoms with Gasteiger partial charge in [-0.05, 0) is 18.2 Å². The maximum Gasteiger partial charge on any atom is 0.319 e. The fourth-order valence-electron chi connectivity index (χ4n) is 2.73. The standard InChI is InChI=1S/C17H20ClN3O2S/c18-14-3-1-2-4-15(14)20-17(22)19-11-16(13-5-8-23-12-13)21-6-9-24-10-7-21/h1-5,8,12,16H,6-7,9-11H2,(H2,19,20,22)/t16-/m0/s1. The van der Waals surface area contributed by atoms with Gasteiger partial charge in [-0.2, -0.15) is 11.8 Å². The molecule has 1 fully saturated rings. The average molecular weight is 366 g/mol. The van der Waals surface area contributed by atoms with Gasteiger partial charge in [0.2, 0.25) is 0 Å². The van der Waals surface area contributed by atoms with Gasteiger partial charge in [-0.15, -0.1) is 0 Å². The number of furan rings is 1. The Bertz CT molecular complexity index is 660. The summed E-state index contributed by atoms with van der Waals surface area (Å²) >= 11 is 8.03. The van der Waals surface area contributed by atoms with E-state index >= 15 is 0 Å². The molecule has 2 N–H and O–H groups in total. The van der Waals surface area contributed by atoms with Gasteiger partial charge in [0.25, 0.3) is 0 Å². The van der Waals surface area contributed by atoms with E-state index in [0.717, 1.165) is 30.2 Å². The summed E-state index contributed by atoms with van der Waals surface area (Å²) in [7, 11) is 0. The SMILES string of the molecule is O=C(NC[C@@H](c1ccoc1)N1CCSCC1)Nc1ccccc1Cl. The number of nitrogens with zero attached hydrogens (tertiary/aromatic N) is 1. The molecule has 24 heavy (non-hydrogen) atoms. The van der Waals surface area contributed by atoms with Crippen molar-refractivity contribution in [3.63, 3.8) is 0 Å². The van der Waals surface area contributed by atoms with Crippen molar-refractivity contribution in [2.45, 2.75) is 6.04 Å². The van der Waals surface area contributed by atoms with Crippen LogP contribution in [0.25, 0.3) is 0 Å². The second-order valence-corrected chi connectivity index (χ2v) is 7.17. The molecule has 5 nitrogen and oxygen atoms in total. The number of carbonyl (C=O) groups is 1. The Morgan fingerprint density at radius 2 is 2.08 bits per heavy atom. The highest BCUT2D eigenvalue weighted by molar-refractivity contribution is 7.99. The van der Waals surface area contributed by atoms with Crippen molar-refractivity contribution in [2.75, 3.05) is 36.5 Å². The molecule has 0 bridgehead atoms. The molecule has 2 aromatic rings. The Labute approximate surface area is 150 Å². The first-order valence-electron chi connectivity index (χ1n) is 7.87. The first-order chi connectivity index (χ1) is 11.7. The normalized spacial score (nSPS) is 16.5. The topological polar surface area (TPSA) is 57.5 Å². The van der Waals surface area contributed by atoms with E-state index in [1.54, 1.807) is 24.7 Å². The molecule has 0 saturated carbocycles. The summed E-state index contributed by atoms with van der Waals surface area (Å²) in [6.45, 7) is 2.53. The number of hydrogen-bond acceptors (Lipinski definition) is 4. The molecule has 0 radical (unpaired) electrons. The van der Waals surface area contributed by atoms with Crippen LogP contribution in [0.5, 0.6) is 0 Å². The third kappa shape index (κ3) is 4.47. The zero-order chi connectivity index (χ0) is 16.8. The molecule has 0 aliphatic carbocycles. The van der Waals surface area contributed by atoms with Crippen LogP contribution in [0.4, 0.5) is 10.5 Å². The number of urea groups is 1. The van der Waals surface area contributed by atoms with Crippen molar-refractivity contribution in [3.05, 3.63) is 53.4 Å². The highest BCUT2D eigenvalue weighted by Crippen LogP contribution is 2.24. The molecule has 1 aromatic carbocycles. The monoisotopic (exact) mass is 365 g/mol. The third-order valence-corrected chi connectivity index (χ3v) is 5.26. The Hall–Kier alpha value is -1.63. The summed E-state index contributed by atoms with van der Waals surface area (Å²) < 4.78 is 5.23. The molecule has 2 amide bonds. The van der Waals surface area contributed by atoms with Gasteiger partial charge in [-0.1, -0.05) is 23.7 Å². The molecule has 1 aliphatic rings. The molecular weight excluding hydrogens is 346 g/mol. The van der Waals surface area contributed by atoms with Crippen molar-refractivity contribution < 1.29 is 9.21 Å². The van der Waals surface area contributed by atoms with Gasteiger partial charge < -0.3 is 15.1 Å². The van der Waals surface area contributed by atoms with E-state index in [0.29, 0.717) is 17.3 Å². The van der Waals surface area contributed by atoms with Gasteiger partial charge in [0.15, 0.2) is 0 Å². The van der Waals surface area contributed by atoms with Crippen molar-refractivity contribution in [1.29, 1.82) is 0 Å². The fourth-order valence-corrected chi connectivity index (χ4v) is 3.84. The molecule has 0 spiro atoms. The van der Waals surface area contributed by atoms with E-state index in [-0.39, 0.29) is 12.1 Å². The minimum absolute atomic E-state index is 0.113. The number of nitrogens with one attached hydrogen (secondary N) is 2. The third-order valence-electron chi connectivity index (χ3n) is 3.99. The number of hydrogen-bond donors (Lipinski definition) is 2. The number of rotatable bonds is 5. The van der Waals surface area contributed by atoms with Crippen molar-refractivity contribution >= 4 is 35.1 Å². The molecule has 1 aromatic heterocycles. The first-order valence-corrected chi connectivity index (χ1v) is 9.40. The largest absolute Gasteiger partial charge is 0.472 e. The number of thioether (sulfide) groups is 1. The molecule has 7 heteroatoms. The van der Waals surface area contributed by atoms with Crippen LogP contribution in [0.3, 0.4) is 0 Å². The molecule has 1 atom stereocenters. The van der Waals surface area contributed by atoms with Gasteiger partial charge in [0, 0.05) is 36.7 Å². The Kier molecular flexibility index (Phi) is 6.07. The number of anilines is 1. The Balaban J connectivity index is 1.61. The van der Waals surface area contributed by atoms with E-state index in [2.05, 4.69) is 15.5 Å². The molecular formula is C17H20ClN3O2S. The van der Waals surface area contributed by atoms with Crippen LogP contribution >= 0.6 is 23.4 Å². The Morgan fingerprint density at radius 1 is 1.29 bits per heavy atom. The zero-order valence-electron chi connectivity index (χ0n) is 13.2. The van der Waals surface area contributed by atoms with E-state index in [1.807, 2.05) is 30.0 Å². The van der Waals surface area contributed by atoms with E-state index in [9.17, 15) is 4.79 Å². The predicted octanol–water partition coefficient (Wildman–Crippen LogP) is 3.84. The highest BCUT2D eigenvalue weighted by Gasteiger charge is 2.23. The summed E-state index contributed by atoms with van der Waals surface area (Å²) in [5.74, 6) is 2.22. The van der Waals surface area contributed by atoms with Gasteiger partial charge in [0.1, 0.15) is 0 Å². The molecule has 2 heterocycles. The van der Waals surface area contributed by atoms with Gasteiger partial charge in [-0.3, -0.25) is 4.90 Å². The van der Waals surface area contributed by atoms with Crippen molar-refractivity contribution in [1.82, 2.24) is 10.2 Å². The maximum atomic E-state index is 12.2. The summed E-state index contributed by atoms with van der Waals surface area (Å²) in [6.07, 6.45) is 3.42. The lowest BCUT2D eigenvalue weighted by Crippen LogP contribution is -2.42. The number of amides is 2. The zero-order valence-corrected chi connectivity index (χ0v) is 14.8. The second-order valence-electron chi connectivity index (χ2n) is 5.54. The lowest BCUT2D eigenvalue weighted by molar-refractivity contribution is 0.208. The first kappa shape index (κ1) is 17.2. The van der Waals surface area contributed by atoms with Crippen LogP contribution in [0, 0.1) is 0 Å². The van der Waals surface area contributed by atoms with Crippen LogP contribution in [-0.4, -0.2) is 42.1 Å². The van der Waals surface area contributed by atoms with Crippen molar-refractivity contribution in [2.24, 2.45) is 0 Å². The molecule has 1 aliphatic heterocycles. The van der Waals surface area contributed by atoms with Crippen LogP contribution in [-0.2, 0) is 0 Å². The number of halogens is 1. The van der Waals surface area contributed by atoms with E-state index < -0.39 is 0 Å². The highest BCUT2D eigenvalue weighted by atomic mass is 35.5.